The van der Waals surface area contributed by atoms with Crippen LogP contribution >= 0.6 is 11.8 Å². The molecule has 2 rings (SSSR count). The predicted molar refractivity (Wildman–Crippen MR) is 61.6 cm³/mol. The summed E-state index contributed by atoms with van der Waals surface area (Å²) >= 11 is 1.44. The second-order valence-electron chi connectivity index (χ2n) is 3.23. The number of fused-ring (bicyclic) bond motifs is 1. The van der Waals surface area contributed by atoms with E-state index in [1.54, 1.807) is 13.0 Å². The molecule has 2 heterocycles. The third-order valence-electron chi connectivity index (χ3n) is 2.02. The zero-order valence-corrected chi connectivity index (χ0v) is 9.71. The van der Waals surface area contributed by atoms with Crippen molar-refractivity contribution < 1.29 is 14.3 Å². The van der Waals surface area contributed by atoms with Crippen molar-refractivity contribution in [2.24, 2.45) is 9.98 Å². The van der Waals surface area contributed by atoms with Gasteiger partial charge in [-0.15, -0.1) is 0 Å². The van der Waals surface area contributed by atoms with Crippen LogP contribution in [0.1, 0.15) is 13.8 Å². The fourth-order valence-electron chi connectivity index (χ4n) is 1.40. The van der Waals surface area contributed by atoms with Crippen LogP contribution in [0.3, 0.4) is 0 Å². The molecule has 0 aromatic heterocycles. The lowest BCUT2D eigenvalue weighted by atomic mass is 10.2. The summed E-state index contributed by atoms with van der Waals surface area (Å²) in [7, 11) is 0. The second-order valence-corrected chi connectivity index (χ2v) is 4.58. The largest absolute Gasteiger partial charge is 0.461 e. The van der Waals surface area contributed by atoms with Gasteiger partial charge in [-0.25, -0.2) is 9.79 Å². The molecule has 2 aliphatic heterocycles. The van der Waals surface area contributed by atoms with Crippen LogP contribution in [0.2, 0.25) is 0 Å². The smallest absolute Gasteiger partial charge is 0.357 e. The first-order valence-corrected chi connectivity index (χ1v) is 5.76. The number of carbonyl (C=O) groups excluding carboxylic acids is 2. The first-order valence-electron chi connectivity index (χ1n) is 4.88. The summed E-state index contributed by atoms with van der Waals surface area (Å²) in [4.78, 5) is 31.5. The Morgan fingerprint density at radius 1 is 1.62 bits per heavy atom. The summed E-state index contributed by atoms with van der Waals surface area (Å²) in [6.45, 7) is 3.85. The van der Waals surface area contributed by atoms with Gasteiger partial charge in [0.25, 0.3) is 5.91 Å². The average Bonchev–Trinajstić information content (AvgIpc) is 2.59. The zero-order valence-electron chi connectivity index (χ0n) is 8.89. The Balaban J connectivity index is 2.27. The number of esters is 1. The van der Waals surface area contributed by atoms with E-state index in [4.69, 9.17) is 4.74 Å². The first kappa shape index (κ1) is 11.1. The number of dihydropyridines is 1. The van der Waals surface area contributed by atoms with E-state index >= 15 is 0 Å². The normalized spacial score (nSPS) is 23.2. The Kier molecular flexibility index (Phi) is 2.91. The molecule has 1 amide bonds. The van der Waals surface area contributed by atoms with Crippen molar-refractivity contribution in [2.75, 3.05) is 6.61 Å². The van der Waals surface area contributed by atoms with Crippen LogP contribution in [-0.2, 0) is 14.3 Å². The number of carbonyl (C=O) groups is 2. The van der Waals surface area contributed by atoms with Crippen LogP contribution in [0.25, 0.3) is 0 Å². The molecule has 0 fully saturated rings. The van der Waals surface area contributed by atoms with Crippen LogP contribution in [0.5, 0.6) is 0 Å². The highest BCUT2D eigenvalue weighted by atomic mass is 32.2. The third kappa shape index (κ3) is 1.92. The van der Waals surface area contributed by atoms with Crippen LogP contribution < -0.4 is 0 Å². The summed E-state index contributed by atoms with van der Waals surface area (Å²) in [5.74, 6) is -1.03. The maximum atomic E-state index is 11.6. The lowest BCUT2D eigenvalue weighted by molar-refractivity contribution is -0.135. The van der Waals surface area contributed by atoms with E-state index in [-0.39, 0.29) is 17.7 Å². The number of hydrogen-bond donors (Lipinski definition) is 0. The van der Waals surface area contributed by atoms with Gasteiger partial charge < -0.3 is 4.74 Å². The van der Waals surface area contributed by atoms with Crippen LogP contribution in [0.15, 0.2) is 21.0 Å². The highest BCUT2D eigenvalue weighted by Crippen LogP contribution is 2.33. The molecule has 84 valence electrons. The second kappa shape index (κ2) is 4.21. The van der Waals surface area contributed by atoms with E-state index in [1.807, 2.05) is 6.92 Å². The molecular weight excluding hydrogens is 228 g/mol. The molecule has 0 radical (unpaired) electrons. The molecule has 1 atom stereocenters. The first-order chi connectivity index (χ1) is 7.61. The highest BCUT2D eigenvalue weighted by molar-refractivity contribution is 8.05. The van der Waals surface area contributed by atoms with E-state index < -0.39 is 11.9 Å². The molecule has 0 aliphatic carbocycles. The summed E-state index contributed by atoms with van der Waals surface area (Å²) in [6.07, 6.45) is 1.56. The molecule has 6 heteroatoms. The maximum Gasteiger partial charge on any atom is 0.357 e. The Labute approximate surface area is 96.7 Å². The molecule has 0 saturated heterocycles. The van der Waals surface area contributed by atoms with Crippen molar-refractivity contribution >= 4 is 35.1 Å². The molecule has 2 aliphatic rings. The standard InChI is InChI=1S/C10H10N2O3S/c1-3-15-10(14)6-4-7-8(9(13)12-6)11-5(2)16-7/h4-5H,3H2,1-2H3. The number of hydrogen-bond acceptors (Lipinski definition) is 5. The van der Waals surface area contributed by atoms with Gasteiger partial charge in [-0.1, -0.05) is 11.8 Å². The van der Waals surface area contributed by atoms with Gasteiger partial charge >= 0.3 is 5.97 Å². The third-order valence-corrected chi connectivity index (χ3v) is 3.03. The summed E-state index contributed by atoms with van der Waals surface area (Å²) in [5.41, 5.74) is 0.410. The highest BCUT2D eigenvalue weighted by Gasteiger charge is 2.31. The van der Waals surface area contributed by atoms with Crippen molar-refractivity contribution in [3.63, 3.8) is 0 Å². The number of rotatable bonds is 2. The number of nitrogens with zero attached hydrogens (tertiary/aromatic N) is 2. The Morgan fingerprint density at radius 2 is 2.38 bits per heavy atom. The number of amides is 1. The van der Waals surface area contributed by atoms with Crippen molar-refractivity contribution in [3.05, 3.63) is 11.0 Å². The average molecular weight is 238 g/mol. The molecule has 5 nitrogen and oxygen atoms in total. The van der Waals surface area contributed by atoms with Crippen LogP contribution in [-0.4, -0.2) is 35.3 Å². The topological polar surface area (TPSA) is 68.1 Å². The fraction of sp³-hybridized carbons (Fsp3) is 0.400. The molecule has 0 spiro atoms. The minimum atomic E-state index is -0.567. The Bertz CT molecular complexity index is 451. The van der Waals surface area contributed by atoms with Gasteiger partial charge in [-0.05, 0) is 19.9 Å². The Morgan fingerprint density at radius 3 is 3.06 bits per heavy atom. The minimum Gasteiger partial charge on any atom is -0.461 e. The van der Waals surface area contributed by atoms with Crippen LogP contribution in [0, 0.1) is 0 Å². The molecule has 16 heavy (non-hydrogen) atoms. The molecule has 1 unspecified atom stereocenters. The van der Waals surface area contributed by atoms with E-state index in [0.29, 0.717) is 10.6 Å². The van der Waals surface area contributed by atoms with E-state index in [0.717, 1.165) is 0 Å². The minimum absolute atomic E-state index is 0.00180. The van der Waals surface area contributed by atoms with E-state index in [2.05, 4.69) is 9.98 Å². The van der Waals surface area contributed by atoms with Gasteiger partial charge in [0.05, 0.1) is 12.0 Å². The van der Waals surface area contributed by atoms with Gasteiger partial charge in [0.15, 0.2) is 5.71 Å². The molecule has 0 saturated carbocycles. The molecule has 0 aromatic carbocycles. The number of aliphatic imine (C=N–C) groups is 2. The fourth-order valence-corrected chi connectivity index (χ4v) is 2.36. The van der Waals surface area contributed by atoms with Gasteiger partial charge in [0, 0.05) is 4.91 Å². The lowest BCUT2D eigenvalue weighted by Crippen LogP contribution is -2.24. The van der Waals surface area contributed by atoms with Crippen LogP contribution in [0.4, 0.5) is 0 Å². The van der Waals surface area contributed by atoms with Gasteiger partial charge in [0.1, 0.15) is 5.71 Å². The molecule has 0 N–H and O–H groups in total. The van der Waals surface area contributed by atoms with Crippen molar-refractivity contribution in [1.29, 1.82) is 0 Å². The summed E-state index contributed by atoms with van der Waals surface area (Å²) in [5, 5.41) is 0.00180. The Hall–Kier alpha value is -1.43. The summed E-state index contributed by atoms with van der Waals surface area (Å²) < 4.78 is 4.79. The summed E-state index contributed by atoms with van der Waals surface area (Å²) in [6, 6.07) is 0. The van der Waals surface area contributed by atoms with E-state index in [1.165, 1.54) is 11.8 Å². The number of thioether (sulfide) groups is 1. The monoisotopic (exact) mass is 238 g/mol. The van der Waals surface area contributed by atoms with E-state index in [9.17, 15) is 9.59 Å². The van der Waals surface area contributed by atoms with Gasteiger partial charge in [-0.3, -0.25) is 9.79 Å². The molecule has 0 aromatic rings. The zero-order chi connectivity index (χ0) is 11.7. The van der Waals surface area contributed by atoms with Crippen molar-refractivity contribution in [2.45, 2.75) is 19.2 Å². The number of ether oxygens (including phenoxy) is 1. The quantitative estimate of drug-likeness (QED) is 0.672. The molecular formula is C10H10N2O3S. The van der Waals surface area contributed by atoms with Crippen molar-refractivity contribution in [1.82, 2.24) is 0 Å². The maximum absolute atomic E-state index is 11.6. The van der Waals surface area contributed by atoms with Gasteiger partial charge in [-0.2, -0.15) is 0 Å². The van der Waals surface area contributed by atoms with Gasteiger partial charge in [0.2, 0.25) is 0 Å². The lowest BCUT2D eigenvalue weighted by Gasteiger charge is -2.07. The van der Waals surface area contributed by atoms with Crippen molar-refractivity contribution in [3.8, 4) is 0 Å². The molecule has 0 bridgehead atoms. The predicted octanol–water partition coefficient (Wildman–Crippen LogP) is 0.948. The SMILES string of the molecule is CCOC(=O)C1=NC(=O)C2=NC(C)SC2=C1.